The molecule has 1 aromatic carbocycles. The first-order valence-electron chi connectivity index (χ1n) is 7.23. The number of fused-ring (bicyclic) bond motifs is 1. The number of imidazole rings is 1. The van der Waals surface area contributed by atoms with E-state index in [1.54, 1.807) is 0 Å². The zero-order chi connectivity index (χ0) is 13.9. The summed E-state index contributed by atoms with van der Waals surface area (Å²) in [7, 11) is 0. The summed E-state index contributed by atoms with van der Waals surface area (Å²) >= 11 is 0. The van der Waals surface area contributed by atoms with Gasteiger partial charge in [-0.1, -0.05) is 25.0 Å². The maximum absolute atomic E-state index is 5.92. The van der Waals surface area contributed by atoms with Gasteiger partial charge in [0.1, 0.15) is 12.4 Å². The van der Waals surface area contributed by atoms with Crippen LogP contribution in [0.25, 0.3) is 11.0 Å². The van der Waals surface area contributed by atoms with Crippen LogP contribution < -0.4 is 11.1 Å². The van der Waals surface area contributed by atoms with Gasteiger partial charge in [-0.05, 0) is 31.4 Å². The molecule has 5 nitrogen and oxygen atoms in total. The normalized spacial score (nSPS) is 16.9. The standard InChI is InChI=1S/C15H21N5/c1-10-5-4-8-12-14(10)20-13(19-12)9-17-15(16)18-11-6-2-3-7-11/h4-5,8,11H,2-3,6-7,9H2,1H3,(H,19,20)(H3,16,17,18). The van der Waals surface area contributed by atoms with Gasteiger partial charge in [-0.2, -0.15) is 0 Å². The van der Waals surface area contributed by atoms with Gasteiger partial charge in [0.25, 0.3) is 0 Å². The molecule has 0 atom stereocenters. The molecule has 0 bridgehead atoms. The molecule has 1 aliphatic carbocycles. The molecule has 20 heavy (non-hydrogen) atoms. The van der Waals surface area contributed by atoms with Gasteiger partial charge in [-0.3, -0.25) is 0 Å². The van der Waals surface area contributed by atoms with E-state index in [0.29, 0.717) is 18.5 Å². The fourth-order valence-electron chi connectivity index (χ4n) is 2.79. The van der Waals surface area contributed by atoms with Crippen molar-refractivity contribution in [3.05, 3.63) is 29.6 Å². The zero-order valence-corrected chi connectivity index (χ0v) is 11.8. The quantitative estimate of drug-likeness (QED) is 0.591. The third kappa shape index (κ3) is 2.76. The molecule has 0 aliphatic heterocycles. The zero-order valence-electron chi connectivity index (χ0n) is 11.8. The molecule has 1 saturated carbocycles. The molecule has 0 radical (unpaired) electrons. The van der Waals surface area contributed by atoms with E-state index in [1.165, 1.54) is 31.2 Å². The van der Waals surface area contributed by atoms with Gasteiger partial charge < -0.3 is 16.0 Å². The Morgan fingerprint density at radius 2 is 2.25 bits per heavy atom. The summed E-state index contributed by atoms with van der Waals surface area (Å²) in [6.45, 7) is 2.55. The minimum atomic E-state index is 0.486. The number of guanidine groups is 1. The van der Waals surface area contributed by atoms with Crippen molar-refractivity contribution in [2.45, 2.75) is 45.2 Å². The van der Waals surface area contributed by atoms with Gasteiger partial charge in [0.05, 0.1) is 11.0 Å². The van der Waals surface area contributed by atoms with Crippen molar-refractivity contribution in [2.75, 3.05) is 0 Å². The SMILES string of the molecule is Cc1cccc2[nH]c(CN=C(N)NC3CCCC3)nc12. The van der Waals surface area contributed by atoms with Crippen molar-refractivity contribution >= 4 is 17.0 Å². The Morgan fingerprint density at radius 3 is 3.00 bits per heavy atom. The molecular formula is C15H21N5. The van der Waals surface area contributed by atoms with Gasteiger partial charge in [0.2, 0.25) is 0 Å². The van der Waals surface area contributed by atoms with Crippen LogP contribution in [-0.2, 0) is 6.54 Å². The average molecular weight is 271 g/mol. The summed E-state index contributed by atoms with van der Waals surface area (Å²) in [6.07, 6.45) is 4.96. The van der Waals surface area contributed by atoms with Gasteiger partial charge in [0.15, 0.2) is 5.96 Å². The van der Waals surface area contributed by atoms with Crippen LogP contribution in [0.5, 0.6) is 0 Å². The minimum Gasteiger partial charge on any atom is -0.370 e. The summed E-state index contributed by atoms with van der Waals surface area (Å²) in [6, 6.07) is 6.62. The van der Waals surface area contributed by atoms with Gasteiger partial charge in [-0.25, -0.2) is 9.98 Å². The van der Waals surface area contributed by atoms with Crippen LogP contribution in [0.3, 0.4) is 0 Å². The molecule has 1 aromatic heterocycles. The molecule has 106 valence electrons. The maximum Gasteiger partial charge on any atom is 0.189 e. The fourth-order valence-corrected chi connectivity index (χ4v) is 2.79. The highest BCUT2D eigenvalue weighted by Crippen LogP contribution is 2.17. The maximum atomic E-state index is 5.92. The largest absolute Gasteiger partial charge is 0.370 e. The molecule has 0 saturated heterocycles. The summed E-state index contributed by atoms with van der Waals surface area (Å²) in [5, 5.41) is 3.28. The molecule has 3 rings (SSSR count). The molecule has 0 amide bonds. The first-order valence-corrected chi connectivity index (χ1v) is 7.23. The first kappa shape index (κ1) is 13.0. The number of nitrogens with zero attached hydrogens (tertiary/aromatic N) is 2. The van der Waals surface area contributed by atoms with Crippen molar-refractivity contribution in [2.24, 2.45) is 10.7 Å². The van der Waals surface area contributed by atoms with Crippen LogP contribution in [0.15, 0.2) is 23.2 Å². The van der Waals surface area contributed by atoms with Crippen LogP contribution in [0.2, 0.25) is 0 Å². The predicted octanol–water partition coefficient (Wildman–Crippen LogP) is 2.22. The van der Waals surface area contributed by atoms with Gasteiger partial charge in [-0.15, -0.1) is 0 Å². The number of hydrogen-bond donors (Lipinski definition) is 3. The molecule has 2 aromatic rings. The Morgan fingerprint density at radius 1 is 1.45 bits per heavy atom. The Balaban J connectivity index is 1.68. The third-order valence-corrected chi connectivity index (χ3v) is 3.87. The second kappa shape index (κ2) is 5.53. The number of nitrogens with one attached hydrogen (secondary N) is 2. The highest BCUT2D eigenvalue weighted by molar-refractivity contribution is 5.79. The van der Waals surface area contributed by atoms with Crippen LogP contribution in [-0.4, -0.2) is 22.0 Å². The molecule has 4 N–H and O–H groups in total. The van der Waals surface area contributed by atoms with Crippen molar-refractivity contribution in [1.29, 1.82) is 0 Å². The van der Waals surface area contributed by atoms with Gasteiger partial charge in [0, 0.05) is 6.04 Å². The molecule has 5 heteroatoms. The van der Waals surface area contributed by atoms with E-state index in [-0.39, 0.29) is 0 Å². The lowest BCUT2D eigenvalue weighted by molar-refractivity contribution is 0.625. The number of nitrogens with two attached hydrogens (primary N) is 1. The number of benzene rings is 1. The number of aliphatic imine (C=N–C) groups is 1. The molecule has 0 spiro atoms. The van der Waals surface area contributed by atoms with E-state index in [2.05, 4.69) is 33.3 Å². The number of aromatic nitrogens is 2. The molecule has 1 fully saturated rings. The Kier molecular flexibility index (Phi) is 3.58. The lowest BCUT2D eigenvalue weighted by Gasteiger charge is -2.11. The lowest BCUT2D eigenvalue weighted by atomic mass is 10.2. The number of rotatable bonds is 3. The van der Waals surface area contributed by atoms with Crippen molar-refractivity contribution in [3.8, 4) is 0 Å². The van der Waals surface area contributed by atoms with Gasteiger partial charge >= 0.3 is 0 Å². The van der Waals surface area contributed by atoms with Crippen LogP contribution in [0.4, 0.5) is 0 Å². The second-order valence-corrected chi connectivity index (χ2v) is 5.48. The van der Waals surface area contributed by atoms with Crippen LogP contribution in [0.1, 0.15) is 37.1 Å². The monoisotopic (exact) mass is 271 g/mol. The molecule has 1 heterocycles. The summed E-state index contributed by atoms with van der Waals surface area (Å²) < 4.78 is 0. The smallest absolute Gasteiger partial charge is 0.189 e. The average Bonchev–Trinajstić information content (AvgIpc) is 3.06. The highest BCUT2D eigenvalue weighted by atomic mass is 15.1. The predicted molar refractivity (Wildman–Crippen MR) is 81.5 cm³/mol. The van der Waals surface area contributed by atoms with E-state index in [0.717, 1.165) is 16.9 Å². The number of H-pyrrole nitrogens is 1. The fraction of sp³-hybridized carbons (Fsp3) is 0.467. The van der Waals surface area contributed by atoms with E-state index in [9.17, 15) is 0 Å². The highest BCUT2D eigenvalue weighted by Gasteiger charge is 2.14. The van der Waals surface area contributed by atoms with Crippen molar-refractivity contribution < 1.29 is 0 Å². The Hall–Kier alpha value is -2.04. The van der Waals surface area contributed by atoms with E-state index in [1.807, 2.05) is 12.1 Å². The number of aromatic amines is 1. The minimum absolute atomic E-state index is 0.486. The van der Waals surface area contributed by atoms with Crippen molar-refractivity contribution in [1.82, 2.24) is 15.3 Å². The van der Waals surface area contributed by atoms with Crippen LogP contribution in [0, 0.1) is 6.92 Å². The number of aryl methyl sites for hydroxylation is 1. The summed E-state index contributed by atoms with van der Waals surface area (Å²) in [4.78, 5) is 12.2. The third-order valence-electron chi connectivity index (χ3n) is 3.87. The second-order valence-electron chi connectivity index (χ2n) is 5.48. The summed E-state index contributed by atoms with van der Waals surface area (Å²) in [5.41, 5.74) is 9.16. The Bertz CT molecular complexity index is 622. The van der Waals surface area contributed by atoms with E-state index >= 15 is 0 Å². The topological polar surface area (TPSA) is 79.1 Å². The van der Waals surface area contributed by atoms with E-state index < -0.39 is 0 Å². The molecule has 0 unspecified atom stereocenters. The van der Waals surface area contributed by atoms with E-state index in [4.69, 9.17) is 5.73 Å². The number of hydrogen-bond acceptors (Lipinski definition) is 2. The Labute approximate surface area is 118 Å². The summed E-state index contributed by atoms with van der Waals surface area (Å²) in [5.74, 6) is 1.37. The first-order chi connectivity index (χ1) is 9.72. The number of para-hydroxylation sites is 1. The van der Waals surface area contributed by atoms with Crippen molar-refractivity contribution in [3.63, 3.8) is 0 Å². The van der Waals surface area contributed by atoms with Crippen LogP contribution >= 0.6 is 0 Å². The molecule has 1 aliphatic rings. The molecular weight excluding hydrogens is 250 g/mol. The lowest BCUT2D eigenvalue weighted by Crippen LogP contribution is -2.38.